The van der Waals surface area contributed by atoms with Crippen LogP contribution in [-0.4, -0.2) is 89.0 Å². The van der Waals surface area contributed by atoms with Gasteiger partial charge in [0.05, 0.1) is 13.2 Å². The quantitative estimate of drug-likeness (QED) is 0.0273. The minimum atomic E-state index is -1.59. The Morgan fingerprint density at radius 3 is 1.48 bits per heavy atom. The zero-order valence-corrected chi connectivity index (χ0v) is 34.5. The molecule has 0 amide bonds. The largest absolute Gasteiger partial charge is 0.462 e. The first-order valence-corrected chi connectivity index (χ1v) is 22.3. The molecule has 1 fully saturated rings. The molecule has 318 valence electrons. The van der Waals surface area contributed by atoms with Gasteiger partial charge >= 0.3 is 11.9 Å². The normalized spacial score (nSPS) is 20.7. The molecule has 6 unspecified atom stereocenters. The minimum absolute atomic E-state index is 0.215. The van der Waals surface area contributed by atoms with E-state index in [9.17, 15) is 30.0 Å². The predicted octanol–water partition coefficient (Wildman–Crippen LogP) is 9.17. The lowest BCUT2D eigenvalue weighted by molar-refractivity contribution is -0.305. The molecule has 0 spiro atoms. The molecular weight excluding hydrogens is 688 g/mol. The molecular formula is C44H82O10. The highest BCUT2D eigenvalue weighted by atomic mass is 16.7. The van der Waals surface area contributed by atoms with E-state index in [0.717, 1.165) is 57.8 Å². The molecule has 1 saturated heterocycles. The number of hydrogen-bond acceptors (Lipinski definition) is 10. The Kier molecular flexibility index (Phi) is 33.5. The fourth-order valence-corrected chi connectivity index (χ4v) is 6.83. The molecule has 0 aromatic rings. The van der Waals surface area contributed by atoms with Crippen molar-refractivity contribution in [3.63, 3.8) is 0 Å². The van der Waals surface area contributed by atoms with Crippen molar-refractivity contribution in [1.82, 2.24) is 0 Å². The van der Waals surface area contributed by atoms with E-state index in [0.29, 0.717) is 6.42 Å². The van der Waals surface area contributed by atoms with Gasteiger partial charge in [0.15, 0.2) is 12.4 Å². The summed E-state index contributed by atoms with van der Waals surface area (Å²) in [4.78, 5) is 25.3. The number of hydrogen-bond donors (Lipinski definition) is 4. The molecule has 10 nitrogen and oxygen atoms in total. The van der Waals surface area contributed by atoms with Crippen LogP contribution in [-0.2, 0) is 28.5 Å². The van der Waals surface area contributed by atoms with Crippen molar-refractivity contribution in [1.29, 1.82) is 0 Å². The second-order valence-corrected chi connectivity index (χ2v) is 15.5. The predicted molar refractivity (Wildman–Crippen MR) is 215 cm³/mol. The Bertz CT molecular complexity index is 897. The SMILES string of the molecule is CCCCC/C=C\CCCCCCCC(=O)OC(COC(=O)CCCCCCCCCCCCCCCCCCC)COC1OC(CO)C(O)C(O)C1O. The van der Waals surface area contributed by atoms with Crippen molar-refractivity contribution in [3.8, 4) is 0 Å². The van der Waals surface area contributed by atoms with Crippen molar-refractivity contribution < 1.29 is 49.0 Å². The number of aliphatic hydroxyl groups excluding tert-OH is 4. The minimum Gasteiger partial charge on any atom is -0.462 e. The second kappa shape index (κ2) is 35.8. The zero-order chi connectivity index (χ0) is 39.5. The van der Waals surface area contributed by atoms with E-state index in [-0.39, 0.29) is 32.0 Å². The molecule has 0 radical (unpaired) electrons. The molecule has 6 atom stereocenters. The Labute approximate surface area is 329 Å². The smallest absolute Gasteiger partial charge is 0.306 e. The molecule has 10 heteroatoms. The second-order valence-electron chi connectivity index (χ2n) is 15.5. The lowest BCUT2D eigenvalue weighted by Crippen LogP contribution is -2.59. The number of carbonyl (C=O) groups excluding carboxylic acids is 2. The first kappa shape index (κ1) is 50.5. The van der Waals surface area contributed by atoms with Crippen molar-refractivity contribution in [3.05, 3.63) is 12.2 Å². The number of carbonyl (C=O) groups is 2. The van der Waals surface area contributed by atoms with Gasteiger partial charge in [0, 0.05) is 12.8 Å². The number of unbranched alkanes of at least 4 members (excludes halogenated alkanes) is 24. The van der Waals surface area contributed by atoms with Gasteiger partial charge in [0.1, 0.15) is 31.0 Å². The molecule has 0 bridgehead atoms. The zero-order valence-electron chi connectivity index (χ0n) is 34.5. The maximum Gasteiger partial charge on any atom is 0.306 e. The molecule has 54 heavy (non-hydrogen) atoms. The van der Waals surface area contributed by atoms with Crippen molar-refractivity contribution in [2.45, 2.75) is 237 Å². The van der Waals surface area contributed by atoms with Gasteiger partial charge in [0.2, 0.25) is 0 Å². The van der Waals surface area contributed by atoms with Crippen LogP contribution in [0.4, 0.5) is 0 Å². The third-order valence-corrected chi connectivity index (χ3v) is 10.4. The lowest BCUT2D eigenvalue weighted by atomic mass is 9.99. The average Bonchev–Trinajstić information content (AvgIpc) is 3.17. The monoisotopic (exact) mass is 771 g/mol. The molecule has 1 aliphatic rings. The average molecular weight is 771 g/mol. The summed E-state index contributed by atoms with van der Waals surface area (Å²) in [6.07, 6.45) is 29.3. The van der Waals surface area contributed by atoms with E-state index in [1.807, 2.05) is 0 Å². The number of ether oxygens (including phenoxy) is 4. The Morgan fingerprint density at radius 2 is 0.981 bits per heavy atom. The molecule has 4 N–H and O–H groups in total. The third-order valence-electron chi connectivity index (χ3n) is 10.4. The van der Waals surface area contributed by atoms with Crippen molar-refractivity contribution in [2.75, 3.05) is 19.8 Å². The molecule has 0 aromatic carbocycles. The van der Waals surface area contributed by atoms with Gasteiger partial charge in [0.25, 0.3) is 0 Å². The number of rotatable bonds is 37. The van der Waals surface area contributed by atoms with Crippen LogP contribution < -0.4 is 0 Å². The maximum absolute atomic E-state index is 12.7. The fraction of sp³-hybridized carbons (Fsp3) is 0.909. The van der Waals surface area contributed by atoms with Crippen LogP contribution in [0.3, 0.4) is 0 Å². The lowest BCUT2D eigenvalue weighted by Gasteiger charge is -2.39. The summed E-state index contributed by atoms with van der Waals surface area (Å²) in [5, 5.41) is 40.0. The van der Waals surface area contributed by atoms with Crippen LogP contribution in [0.1, 0.15) is 200 Å². The standard InChI is InChI=1S/C44H82O10/c1-3-5-7-9-11-13-15-17-18-19-20-21-23-24-26-28-30-32-39(46)51-35-37(36-52-44-43(50)42(49)41(48)38(34-45)54-44)53-40(47)33-31-29-27-25-22-16-14-12-10-8-6-4-2/h12,14,37-38,41-45,48-50H,3-11,13,15-36H2,1-2H3/b14-12-. The summed E-state index contributed by atoms with van der Waals surface area (Å²) < 4.78 is 22.1. The number of aliphatic hydroxyl groups is 4. The van der Waals surface area contributed by atoms with Crippen LogP contribution >= 0.6 is 0 Å². The molecule has 0 aliphatic carbocycles. The van der Waals surface area contributed by atoms with Gasteiger partial charge in [-0.05, 0) is 38.5 Å². The highest BCUT2D eigenvalue weighted by molar-refractivity contribution is 5.70. The summed E-state index contributed by atoms with van der Waals surface area (Å²) in [6, 6.07) is 0. The van der Waals surface area contributed by atoms with Crippen LogP contribution in [0, 0.1) is 0 Å². The topological polar surface area (TPSA) is 152 Å². The first-order chi connectivity index (χ1) is 26.3. The summed E-state index contributed by atoms with van der Waals surface area (Å²) in [6.45, 7) is 3.40. The summed E-state index contributed by atoms with van der Waals surface area (Å²) >= 11 is 0. The van der Waals surface area contributed by atoms with Gasteiger partial charge in [-0.25, -0.2) is 0 Å². The van der Waals surface area contributed by atoms with E-state index >= 15 is 0 Å². The number of allylic oxidation sites excluding steroid dienone is 2. The van der Waals surface area contributed by atoms with Crippen molar-refractivity contribution >= 4 is 11.9 Å². The van der Waals surface area contributed by atoms with E-state index < -0.39 is 49.4 Å². The Morgan fingerprint density at radius 1 is 0.556 bits per heavy atom. The van der Waals surface area contributed by atoms with E-state index in [1.54, 1.807) is 0 Å². The maximum atomic E-state index is 12.7. The summed E-state index contributed by atoms with van der Waals surface area (Å²) in [5.41, 5.74) is 0. The molecule has 1 rings (SSSR count). The first-order valence-electron chi connectivity index (χ1n) is 22.3. The summed E-state index contributed by atoms with van der Waals surface area (Å²) in [7, 11) is 0. The van der Waals surface area contributed by atoms with Gasteiger partial charge in [-0.15, -0.1) is 0 Å². The van der Waals surface area contributed by atoms with Crippen molar-refractivity contribution in [2.24, 2.45) is 0 Å². The van der Waals surface area contributed by atoms with Crippen LogP contribution in [0.15, 0.2) is 12.2 Å². The highest BCUT2D eigenvalue weighted by Gasteiger charge is 2.44. The van der Waals surface area contributed by atoms with Crippen LogP contribution in [0.5, 0.6) is 0 Å². The molecule has 0 saturated carbocycles. The third kappa shape index (κ3) is 27.1. The van der Waals surface area contributed by atoms with E-state index in [1.165, 1.54) is 109 Å². The molecule has 1 aliphatic heterocycles. The fourth-order valence-electron chi connectivity index (χ4n) is 6.83. The van der Waals surface area contributed by atoms with Gasteiger partial charge in [-0.3, -0.25) is 9.59 Å². The van der Waals surface area contributed by atoms with Gasteiger partial charge in [-0.2, -0.15) is 0 Å². The van der Waals surface area contributed by atoms with E-state index in [4.69, 9.17) is 18.9 Å². The van der Waals surface area contributed by atoms with Crippen LogP contribution in [0.25, 0.3) is 0 Å². The van der Waals surface area contributed by atoms with Gasteiger partial charge in [-0.1, -0.05) is 161 Å². The Hall–Kier alpha value is -1.56. The Balaban J connectivity index is 2.31. The van der Waals surface area contributed by atoms with Gasteiger partial charge < -0.3 is 39.4 Å². The van der Waals surface area contributed by atoms with E-state index in [2.05, 4.69) is 26.0 Å². The summed E-state index contributed by atoms with van der Waals surface area (Å²) in [5.74, 6) is -0.808. The highest BCUT2D eigenvalue weighted by Crippen LogP contribution is 2.23. The number of esters is 2. The van der Waals surface area contributed by atoms with Crippen LogP contribution in [0.2, 0.25) is 0 Å². The molecule has 1 heterocycles. The molecule has 0 aromatic heterocycles.